The number of hydrogen-bond donors (Lipinski definition) is 2. The van der Waals surface area contributed by atoms with Crippen molar-refractivity contribution in [3.05, 3.63) is 35.4 Å². The lowest BCUT2D eigenvalue weighted by Crippen LogP contribution is -2.49. The highest BCUT2D eigenvalue weighted by Crippen LogP contribution is 2.30. The first-order chi connectivity index (χ1) is 15.0. The van der Waals surface area contributed by atoms with Gasteiger partial charge in [-0.3, -0.25) is 9.59 Å². The molecule has 2 rings (SSSR count). The minimum atomic E-state index is -4.35. The van der Waals surface area contributed by atoms with Crippen molar-refractivity contribution in [2.45, 2.75) is 71.6 Å². The number of alkyl halides is 3. The highest BCUT2D eigenvalue weighted by atomic mass is 19.4. The number of amides is 2. The molecule has 1 aromatic carbocycles. The Labute approximate surface area is 188 Å². The zero-order valence-electron chi connectivity index (χ0n) is 19.3. The van der Waals surface area contributed by atoms with Crippen molar-refractivity contribution < 1.29 is 22.8 Å². The van der Waals surface area contributed by atoms with Crippen LogP contribution in [0.25, 0.3) is 0 Å². The molecule has 3 N–H and O–H groups in total. The maximum Gasteiger partial charge on any atom is 0.416 e. The Balaban J connectivity index is 1.94. The van der Waals surface area contributed by atoms with Gasteiger partial charge < -0.3 is 16.0 Å². The van der Waals surface area contributed by atoms with E-state index in [4.69, 9.17) is 5.73 Å². The number of nitrogens with two attached hydrogens (primary N) is 1. The predicted molar refractivity (Wildman–Crippen MR) is 118 cm³/mol. The smallest absolute Gasteiger partial charge is 0.369 e. The molecule has 1 saturated heterocycles. The van der Waals surface area contributed by atoms with E-state index >= 15 is 0 Å². The van der Waals surface area contributed by atoms with Crippen molar-refractivity contribution in [2.75, 3.05) is 13.1 Å². The molecule has 1 aromatic rings. The maximum atomic E-state index is 13.3. The third kappa shape index (κ3) is 7.50. The summed E-state index contributed by atoms with van der Waals surface area (Å²) < 4.78 is 38.7. The summed E-state index contributed by atoms with van der Waals surface area (Å²) >= 11 is 0. The quantitative estimate of drug-likeness (QED) is 0.551. The number of halogens is 3. The van der Waals surface area contributed by atoms with Crippen LogP contribution in [0.4, 0.5) is 13.2 Å². The molecule has 0 spiro atoms. The normalized spacial score (nSPS) is 17.4. The number of hydrogen-bond acceptors (Lipinski definition) is 3. The van der Waals surface area contributed by atoms with Crippen molar-refractivity contribution in [1.29, 1.82) is 0 Å². The van der Waals surface area contributed by atoms with Gasteiger partial charge in [0.25, 0.3) is 0 Å². The summed E-state index contributed by atoms with van der Waals surface area (Å²) in [6.07, 6.45) is -0.901. The fraction of sp³-hybridized carbons (Fsp3) is 0.667. The summed E-state index contributed by atoms with van der Waals surface area (Å²) in [6, 6.07) is 5.45. The molecule has 0 saturated carbocycles. The van der Waals surface area contributed by atoms with Crippen molar-refractivity contribution >= 4 is 11.8 Å². The van der Waals surface area contributed by atoms with Crippen LogP contribution in [0.15, 0.2) is 24.3 Å². The lowest BCUT2D eigenvalue weighted by Gasteiger charge is -2.36. The summed E-state index contributed by atoms with van der Waals surface area (Å²) in [6.45, 7) is 7.52. The van der Waals surface area contributed by atoms with Crippen LogP contribution >= 0.6 is 0 Å². The standard InChI is InChI=1S/C24H36F3N3O2/c1-4-6-20(22(28)31)21(13-16(2)3)23(32)30-11-9-19(10-12-30)29-15-17-7-5-8-18(14-17)24(25,26)27/h5,7-8,14,16,19-21,29H,4,6,9-13,15H2,1-3H3,(H2,28,31)/t20-,21+/m0/s1. The molecular weight excluding hydrogens is 419 g/mol. The van der Waals surface area contributed by atoms with Gasteiger partial charge in [0.15, 0.2) is 0 Å². The molecule has 0 unspecified atom stereocenters. The Hall–Kier alpha value is -2.09. The fourth-order valence-electron chi connectivity index (χ4n) is 4.46. The summed E-state index contributed by atoms with van der Waals surface area (Å²) in [7, 11) is 0. The zero-order chi connectivity index (χ0) is 23.9. The summed E-state index contributed by atoms with van der Waals surface area (Å²) in [4.78, 5) is 27.1. The van der Waals surface area contributed by atoms with Crippen molar-refractivity contribution in [3.63, 3.8) is 0 Å². The third-order valence-electron chi connectivity index (χ3n) is 6.15. The maximum absolute atomic E-state index is 13.3. The topological polar surface area (TPSA) is 75.4 Å². The second-order valence-electron chi connectivity index (χ2n) is 9.21. The number of primary amides is 1. The van der Waals surface area contributed by atoms with Crippen LogP contribution in [-0.4, -0.2) is 35.8 Å². The van der Waals surface area contributed by atoms with Gasteiger partial charge in [0.2, 0.25) is 11.8 Å². The van der Waals surface area contributed by atoms with Gasteiger partial charge in [0.05, 0.1) is 5.56 Å². The molecule has 0 aromatic heterocycles. The van der Waals surface area contributed by atoms with Crippen LogP contribution in [0.1, 0.15) is 64.0 Å². The summed E-state index contributed by atoms with van der Waals surface area (Å²) in [5, 5.41) is 3.32. The van der Waals surface area contributed by atoms with Gasteiger partial charge in [0, 0.05) is 37.5 Å². The van der Waals surface area contributed by atoms with Crippen LogP contribution in [0.3, 0.4) is 0 Å². The molecule has 180 valence electrons. The molecule has 5 nitrogen and oxygen atoms in total. The molecule has 32 heavy (non-hydrogen) atoms. The van der Waals surface area contributed by atoms with Gasteiger partial charge in [0.1, 0.15) is 0 Å². The molecule has 1 fully saturated rings. The molecule has 2 atom stereocenters. The van der Waals surface area contributed by atoms with Crippen molar-refractivity contribution in [1.82, 2.24) is 10.2 Å². The first-order valence-electron chi connectivity index (χ1n) is 11.5. The van der Waals surface area contributed by atoms with E-state index in [1.807, 2.05) is 25.7 Å². The largest absolute Gasteiger partial charge is 0.416 e. The van der Waals surface area contributed by atoms with E-state index in [0.717, 1.165) is 12.5 Å². The van der Waals surface area contributed by atoms with Crippen LogP contribution in [0, 0.1) is 17.8 Å². The summed E-state index contributed by atoms with van der Waals surface area (Å²) in [5.41, 5.74) is 5.56. The minimum absolute atomic E-state index is 0.00715. The first kappa shape index (κ1) is 26.2. The summed E-state index contributed by atoms with van der Waals surface area (Å²) in [5.74, 6) is -1.00. The molecule has 2 amide bonds. The van der Waals surface area contributed by atoms with E-state index in [-0.39, 0.29) is 17.9 Å². The van der Waals surface area contributed by atoms with Gasteiger partial charge in [-0.1, -0.05) is 45.4 Å². The molecule has 8 heteroatoms. The van der Waals surface area contributed by atoms with Gasteiger partial charge in [-0.15, -0.1) is 0 Å². The predicted octanol–water partition coefficient (Wildman–Crippen LogP) is 4.35. The van der Waals surface area contributed by atoms with E-state index in [1.54, 1.807) is 6.07 Å². The third-order valence-corrected chi connectivity index (χ3v) is 6.15. The monoisotopic (exact) mass is 455 g/mol. The Morgan fingerprint density at radius 1 is 1.19 bits per heavy atom. The van der Waals surface area contributed by atoms with Gasteiger partial charge >= 0.3 is 6.18 Å². The van der Waals surface area contributed by atoms with Crippen LogP contribution < -0.4 is 11.1 Å². The Kier molecular flexibility index (Phi) is 9.55. The van der Waals surface area contributed by atoms with Gasteiger partial charge in [-0.2, -0.15) is 13.2 Å². The SMILES string of the molecule is CCC[C@H](C(N)=O)[C@@H](CC(C)C)C(=O)N1CCC(NCc2cccc(C(F)(F)F)c2)CC1. The zero-order valence-corrected chi connectivity index (χ0v) is 19.3. The molecular formula is C24H36F3N3O2. The van der Waals surface area contributed by atoms with E-state index in [0.29, 0.717) is 50.9 Å². The first-order valence-corrected chi connectivity index (χ1v) is 11.5. The average molecular weight is 456 g/mol. The lowest BCUT2D eigenvalue weighted by atomic mass is 9.81. The van der Waals surface area contributed by atoms with E-state index in [1.165, 1.54) is 12.1 Å². The van der Waals surface area contributed by atoms with Crippen molar-refractivity contribution in [2.24, 2.45) is 23.5 Å². The van der Waals surface area contributed by atoms with Gasteiger partial charge in [-0.25, -0.2) is 0 Å². The van der Waals surface area contributed by atoms with Crippen molar-refractivity contribution in [3.8, 4) is 0 Å². The molecule has 1 aliphatic heterocycles. The van der Waals surface area contributed by atoms with Crippen LogP contribution in [-0.2, 0) is 22.3 Å². The average Bonchev–Trinajstić information content (AvgIpc) is 2.74. The van der Waals surface area contributed by atoms with E-state index in [2.05, 4.69) is 5.32 Å². The second kappa shape index (κ2) is 11.7. The number of carbonyl (C=O) groups is 2. The van der Waals surface area contributed by atoms with Gasteiger partial charge in [-0.05, 0) is 43.2 Å². The number of benzene rings is 1. The molecule has 0 radical (unpaired) electrons. The number of nitrogens with zero attached hydrogens (tertiary/aromatic N) is 1. The molecule has 0 aliphatic carbocycles. The van der Waals surface area contributed by atoms with E-state index in [9.17, 15) is 22.8 Å². The number of carbonyl (C=O) groups excluding carboxylic acids is 2. The molecule has 1 aliphatic rings. The lowest BCUT2D eigenvalue weighted by molar-refractivity contribution is -0.143. The Morgan fingerprint density at radius 2 is 1.84 bits per heavy atom. The highest BCUT2D eigenvalue weighted by Gasteiger charge is 2.36. The second-order valence-corrected chi connectivity index (χ2v) is 9.21. The Bertz CT molecular complexity index is 759. The minimum Gasteiger partial charge on any atom is -0.369 e. The molecule has 0 bridgehead atoms. The Morgan fingerprint density at radius 3 is 2.38 bits per heavy atom. The van der Waals surface area contributed by atoms with E-state index < -0.39 is 29.5 Å². The highest BCUT2D eigenvalue weighted by molar-refractivity contribution is 5.87. The number of nitrogens with one attached hydrogen (secondary N) is 1. The fourth-order valence-corrected chi connectivity index (χ4v) is 4.46. The van der Waals surface area contributed by atoms with Crippen LogP contribution in [0.5, 0.6) is 0 Å². The number of piperidine rings is 1. The number of likely N-dealkylation sites (tertiary alicyclic amines) is 1. The van der Waals surface area contributed by atoms with Crippen LogP contribution in [0.2, 0.25) is 0 Å². The number of rotatable bonds is 10. The molecule has 1 heterocycles.